The van der Waals surface area contributed by atoms with E-state index in [1.54, 1.807) is 24.3 Å². The van der Waals surface area contributed by atoms with Gasteiger partial charge in [-0.3, -0.25) is 4.79 Å². The second-order valence-electron chi connectivity index (χ2n) is 3.25. The summed E-state index contributed by atoms with van der Waals surface area (Å²) in [4.78, 5) is 11.5. The lowest BCUT2D eigenvalue weighted by molar-refractivity contribution is -0.117. The fourth-order valence-electron chi connectivity index (χ4n) is 1.10. The highest BCUT2D eigenvalue weighted by molar-refractivity contribution is 6.42. The molecule has 0 aromatic heterocycles. The molecule has 1 amide bonds. The summed E-state index contributed by atoms with van der Waals surface area (Å²) in [6, 6.07) is 4.24. The smallest absolute Gasteiger partial charge is 0.241 e. The summed E-state index contributed by atoms with van der Waals surface area (Å²) < 4.78 is 0. The van der Waals surface area contributed by atoms with Crippen molar-refractivity contribution in [1.29, 1.82) is 0 Å². The summed E-state index contributed by atoms with van der Waals surface area (Å²) in [7, 11) is 0. The molecule has 0 saturated heterocycles. The summed E-state index contributed by atoms with van der Waals surface area (Å²) in [5.41, 5.74) is 6.17. The first-order valence-electron chi connectivity index (χ1n) is 4.67. The standard InChI is InChI=1S/C11H12Cl2N2O/c1-2-3-10(14)11(16)15-7-4-5-8(12)9(13)6-7/h2,4-6,10H,1,3,14H2,(H,15,16). The van der Waals surface area contributed by atoms with E-state index in [0.717, 1.165) is 0 Å². The molecule has 0 aliphatic carbocycles. The van der Waals surface area contributed by atoms with Crippen LogP contribution in [0.4, 0.5) is 5.69 Å². The van der Waals surface area contributed by atoms with E-state index in [2.05, 4.69) is 11.9 Å². The lowest BCUT2D eigenvalue weighted by Crippen LogP contribution is -2.35. The van der Waals surface area contributed by atoms with E-state index in [1.807, 2.05) is 0 Å². The zero-order valence-corrected chi connectivity index (χ0v) is 10.1. The first kappa shape index (κ1) is 13.0. The average molecular weight is 259 g/mol. The number of benzene rings is 1. The van der Waals surface area contributed by atoms with E-state index in [9.17, 15) is 4.79 Å². The number of hydrogen-bond donors (Lipinski definition) is 2. The Morgan fingerprint density at radius 2 is 2.19 bits per heavy atom. The quantitative estimate of drug-likeness (QED) is 0.817. The molecule has 0 radical (unpaired) electrons. The Morgan fingerprint density at radius 3 is 2.75 bits per heavy atom. The number of carbonyl (C=O) groups excluding carboxylic acids is 1. The Balaban J connectivity index is 2.69. The number of hydrogen-bond acceptors (Lipinski definition) is 2. The number of nitrogens with two attached hydrogens (primary N) is 1. The molecule has 0 aliphatic rings. The Hall–Kier alpha value is -1.03. The molecule has 0 aliphatic heterocycles. The summed E-state index contributed by atoms with van der Waals surface area (Å²) in [6.07, 6.45) is 2.02. The van der Waals surface area contributed by atoms with Gasteiger partial charge >= 0.3 is 0 Å². The zero-order valence-electron chi connectivity index (χ0n) is 8.54. The highest BCUT2D eigenvalue weighted by atomic mass is 35.5. The van der Waals surface area contributed by atoms with Crippen LogP contribution in [0.5, 0.6) is 0 Å². The third kappa shape index (κ3) is 3.52. The molecule has 0 heterocycles. The van der Waals surface area contributed by atoms with Gasteiger partial charge in [0, 0.05) is 5.69 Å². The predicted octanol–water partition coefficient (Wildman–Crippen LogP) is 2.84. The number of carbonyl (C=O) groups is 1. The van der Waals surface area contributed by atoms with Crippen LogP contribution in [0.25, 0.3) is 0 Å². The number of halogens is 2. The van der Waals surface area contributed by atoms with E-state index < -0.39 is 6.04 Å². The van der Waals surface area contributed by atoms with Gasteiger partial charge in [0.1, 0.15) is 0 Å². The van der Waals surface area contributed by atoms with Crippen LogP contribution in [0.15, 0.2) is 30.9 Å². The lowest BCUT2D eigenvalue weighted by atomic mass is 10.2. The van der Waals surface area contributed by atoms with Crippen LogP contribution in [0, 0.1) is 0 Å². The van der Waals surface area contributed by atoms with E-state index in [0.29, 0.717) is 22.2 Å². The van der Waals surface area contributed by atoms with Gasteiger partial charge in [0.2, 0.25) is 5.91 Å². The van der Waals surface area contributed by atoms with Gasteiger partial charge in [-0.25, -0.2) is 0 Å². The molecule has 16 heavy (non-hydrogen) atoms. The maximum atomic E-state index is 11.5. The molecule has 3 nitrogen and oxygen atoms in total. The fourth-order valence-corrected chi connectivity index (χ4v) is 1.39. The Labute approximate surface area is 104 Å². The molecule has 1 atom stereocenters. The van der Waals surface area contributed by atoms with Crippen LogP contribution in [0.1, 0.15) is 6.42 Å². The summed E-state index contributed by atoms with van der Waals surface area (Å²) in [5.74, 6) is -0.279. The van der Waals surface area contributed by atoms with Crippen LogP contribution in [-0.4, -0.2) is 11.9 Å². The molecule has 86 valence electrons. The van der Waals surface area contributed by atoms with Crippen molar-refractivity contribution in [2.75, 3.05) is 5.32 Å². The van der Waals surface area contributed by atoms with Gasteiger partial charge in [0.25, 0.3) is 0 Å². The van der Waals surface area contributed by atoms with Crippen molar-refractivity contribution in [2.45, 2.75) is 12.5 Å². The third-order valence-electron chi connectivity index (χ3n) is 1.94. The van der Waals surface area contributed by atoms with Gasteiger partial charge in [-0.05, 0) is 24.6 Å². The van der Waals surface area contributed by atoms with E-state index in [4.69, 9.17) is 28.9 Å². The highest BCUT2D eigenvalue weighted by Gasteiger charge is 2.11. The normalized spacial score (nSPS) is 11.9. The van der Waals surface area contributed by atoms with Crippen molar-refractivity contribution >= 4 is 34.8 Å². The Bertz CT molecular complexity index is 407. The molecule has 1 rings (SSSR count). The van der Waals surface area contributed by atoms with Crippen molar-refractivity contribution in [3.8, 4) is 0 Å². The second-order valence-corrected chi connectivity index (χ2v) is 4.06. The van der Waals surface area contributed by atoms with Crippen molar-refractivity contribution in [3.63, 3.8) is 0 Å². The van der Waals surface area contributed by atoms with E-state index in [1.165, 1.54) is 0 Å². The van der Waals surface area contributed by atoms with Gasteiger partial charge in [-0.2, -0.15) is 0 Å². The lowest BCUT2D eigenvalue weighted by Gasteiger charge is -2.10. The van der Waals surface area contributed by atoms with Crippen LogP contribution in [-0.2, 0) is 4.79 Å². The van der Waals surface area contributed by atoms with Crippen molar-refractivity contribution in [1.82, 2.24) is 0 Å². The molecular weight excluding hydrogens is 247 g/mol. The van der Waals surface area contributed by atoms with Crippen LogP contribution < -0.4 is 11.1 Å². The summed E-state index contributed by atoms with van der Waals surface area (Å²) in [5, 5.41) is 3.47. The Kier molecular flexibility index (Phi) is 4.80. The monoisotopic (exact) mass is 258 g/mol. The predicted molar refractivity (Wildman–Crippen MR) is 67.9 cm³/mol. The van der Waals surface area contributed by atoms with Crippen LogP contribution in [0.3, 0.4) is 0 Å². The number of anilines is 1. The van der Waals surface area contributed by atoms with Crippen LogP contribution >= 0.6 is 23.2 Å². The molecule has 1 aromatic rings. The molecule has 3 N–H and O–H groups in total. The first-order valence-corrected chi connectivity index (χ1v) is 5.42. The minimum absolute atomic E-state index is 0.279. The minimum Gasteiger partial charge on any atom is -0.325 e. The van der Waals surface area contributed by atoms with Crippen molar-refractivity contribution < 1.29 is 4.79 Å². The molecule has 0 spiro atoms. The number of rotatable bonds is 4. The third-order valence-corrected chi connectivity index (χ3v) is 2.68. The fraction of sp³-hybridized carbons (Fsp3) is 0.182. The number of amides is 1. The average Bonchev–Trinajstić information content (AvgIpc) is 2.24. The molecular formula is C11H12Cl2N2O. The number of nitrogens with one attached hydrogen (secondary N) is 1. The SMILES string of the molecule is C=CCC(N)C(=O)Nc1ccc(Cl)c(Cl)c1. The molecule has 1 unspecified atom stereocenters. The highest BCUT2D eigenvalue weighted by Crippen LogP contribution is 2.24. The van der Waals surface area contributed by atoms with Gasteiger partial charge in [0.05, 0.1) is 16.1 Å². The van der Waals surface area contributed by atoms with E-state index in [-0.39, 0.29) is 5.91 Å². The van der Waals surface area contributed by atoms with Gasteiger partial charge in [-0.15, -0.1) is 6.58 Å². The first-order chi connectivity index (χ1) is 7.54. The molecule has 0 saturated carbocycles. The van der Waals surface area contributed by atoms with Crippen molar-refractivity contribution in [2.24, 2.45) is 5.73 Å². The molecule has 5 heteroatoms. The van der Waals surface area contributed by atoms with Crippen molar-refractivity contribution in [3.05, 3.63) is 40.9 Å². The zero-order chi connectivity index (χ0) is 12.1. The second kappa shape index (κ2) is 5.89. The topological polar surface area (TPSA) is 55.1 Å². The molecule has 1 aromatic carbocycles. The van der Waals surface area contributed by atoms with Gasteiger partial charge in [-0.1, -0.05) is 29.3 Å². The molecule has 0 fully saturated rings. The van der Waals surface area contributed by atoms with E-state index >= 15 is 0 Å². The maximum absolute atomic E-state index is 11.5. The molecule has 0 bridgehead atoms. The van der Waals surface area contributed by atoms with Crippen LogP contribution in [0.2, 0.25) is 10.0 Å². The summed E-state index contributed by atoms with van der Waals surface area (Å²) in [6.45, 7) is 3.52. The summed E-state index contributed by atoms with van der Waals surface area (Å²) >= 11 is 11.6. The van der Waals surface area contributed by atoms with Gasteiger partial charge < -0.3 is 11.1 Å². The minimum atomic E-state index is -0.605. The Morgan fingerprint density at radius 1 is 1.50 bits per heavy atom. The largest absolute Gasteiger partial charge is 0.325 e. The maximum Gasteiger partial charge on any atom is 0.241 e. The van der Waals surface area contributed by atoms with Gasteiger partial charge in [0.15, 0.2) is 0 Å².